The van der Waals surface area contributed by atoms with Gasteiger partial charge < -0.3 is 14.5 Å². The van der Waals surface area contributed by atoms with Crippen LogP contribution in [0.5, 0.6) is 11.5 Å². The topological polar surface area (TPSA) is 47.1 Å². The Morgan fingerprint density at radius 3 is 2.23 bits per heavy atom. The maximum atomic E-state index is 5.50. The summed E-state index contributed by atoms with van der Waals surface area (Å²) >= 11 is 0. The van der Waals surface area contributed by atoms with Crippen molar-refractivity contribution in [3.05, 3.63) is 91.0 Å². The number of fused-ring (bicyclic) bond motifs is 1. The molecule has 4 nitrogen and oxygen atoms in total. The molecule has 5 aromatic rings. The van der Waals surface area contributed by atoms with E-state index in [2.05, 4.69) is 59.6 Å². The highest BCUT2D eigenvalue weighted by molar-refractivity contribution is 5.99. The molecule has 4 heteroatoms. The van der Waals surface area contributed by atoms with Gasteiger partial charge in [-0.15, -0.1) is 0 Å². The first kappa shape index (κ1) is 18.9. The Hall–Kier alpha value is -4.05. The quantitative estimate of drug-likeness (QED) is 0.358. The van der Waals surface area contributed by atoms with Crippen LogP contribution >= 0.6 is 0 Å². The van der Waals surface area contributed by atoms with Gasteiger partial charge in [0, 0.05) is 16.7 Å². The number of hydrogen-bond acceptors (Lipinski definition) is 3. The Balaban J connectivity index is 1.74. The molecular formula is C27H22N2O2. The Morgan fingerprint density at radius 1 is 0.677 bits per heavy atom. The van der Waals surface area contributed by atoms with Crippen LogP contribution in [0.4, 0.5) is 0 Å². The molecule has 0 bridgehead atoms. The van der Waals surface area contributed by atoms with Crippen LogP contribution in [0, 0.1) is 0 Å². The third-order valence-corrected chi connectivity index (χ3v) is 5.47. The van der Waals surface area contributed by atoms with E-state index in [0.29, 0.717) is 11.5 Å². The number of ether oxygens (including phenoxy) is 2. The maximum absolute atomic E-state index is 5.50. The van der Waals surface area contributed by atoms with Crippen LogP contribution in [0.2, 0.25) is 0 Å². The molecule has 0 amide bonds. The van der Waals surface area contributed by atoms with E-state index in [1.54, 1.807) is 14.2 Å². The fourth-order valence-corrected chi connectivity index (χ4v) is 3.94. The molecule has 4 aromatic carbocycles. The van der Waals surface area contributed by atoms with Gasteiger partial charge >= 0.3 is 0 Å². The molecule has 0 saturated heterocycles. The number of nitrogens with zero attached hydrogens (tertiary/aromatic N) is 1. The van der Waals surface area contributed by atoms with E-state index in [1.807, 2.05) is 36.4 Å². The predicted octanol–water partition coefficient (Wildman–Crippen LogP) is 6.58. The van der Waals surface area contributed by atoms with Crippen LogP contribution in [0.15, 0.2) is 91.0 Å². The fraction of sp³-hybridized carbons (Fsp3) is 0.0741. The summed E-state index contributed by atoms with van der Waals surface area (Å²) in [5, 5.41) is 2.38. The molecule has 1 heterocycles. The number of aromatic amines is 1. The van der Waals surface area contributed by atoms with Crippen molar-refractivity contribution in [2.75, 3.05) is 14.2 Å². The molecule has 0 saturated carbocycles. The summed E-state index contributed by atoms with van der Waals surface area (Å²) in [6.45, 7) is 0. The molecule has 0 unspecified atom stereocenters. The normalized spacial score (nSPS) is 10.9. The van der Waals surface area contributed by atoms with E-state index in [4.69, 9.17) is 14.5 Å². The van der Waals surface area contributed by atoms with E-state index in [9.17, 15) is 0 Å². The molecule has 0 aliphatic rings. The number of benzene rings is 4. The molecule has 0 atom stereocenters. The van der Waals surface area contributed by atoms with Gasteiger partial charge in [0.2, 0.25) is 0 Å². The van der Waals surface area contributed by atoms with Crippen molar-refractivity contribution < 1.29 is 9.47 Å². The lowest BCUT2D eigenvalue weighted by Gasteiger charge is -2.08. The molecule has 1 aromatic heterocycles. The Kier molecular flexibility index (Phi) is 4.89. The van der Waals surface area contributed by atoms with Crippen molar-refractivity contribution >= 4 is 10.8 Å². The summed E-state index contributed by atoms with van der Waals surface area (Å²) in [6, 6.07) is 30.9. The standard InChI is InChI=1S/C27H22N2O2/c1-30-23-16-15-20(17-24(23)31-2)27-28-25(19-10-4-3-5-11-19)26(29-27)22-14-8-12-18-9-6-7-13-21(18)22/h3-17H,1-2H3,(H,28,29). The minimum absolute atomic E-state index is 0.671. The second-order valence-corrected chi connectivity index (χ2v) is 7.27. The lowest BCUT2D eigenvalue weighted by molar-refractivity contribution is 0.355. The van der Waals surface area contributed by atoms with Crippen molar-refractivity contribution in [1.29, 1.82) is 0 Å². The molecule has 0 spiro atoms. The van der Waals surface area contributed by atoms with Crippen LogP contribution in [0.25, 0.3) is 44.7 Å². The van der Waals surface area contributed by atoms with Gasteiger partial charge in [-0.3, -0.25) is 0 Å². The second kappa shape index (κ2) is 8.00. The number of aromatic nitrogens is 2. The third-order valence-electron chi connectivity index (χ3n) is 5.47. The highest BCUT2D eigenvalue weighted by Gasteiger charge is 2.18. The van der Waals surface area contributed by atoms with Gasteiger partial charge in [-0.05, 0) is 29.0 Å². The predicted molar refractivity (Wildman–Crippen MR) is 126 cm³/mol. The third kappa shape index (κ3) is 3.42. The zero-order chi connectivity index (χ0) is 21.2. The first-order chi connectivity index (χ1) is 15.3. The summed E-state index contributed by atoms with van der Waals surface area (Å²) in [5.74, 6) is 2.14. The number of H-pyrrole nitrogens is 1. The van der Waals surface area contributed by atoms with Crippen molar-refractivity contribution in [3.63, 3.8) is 0 Å². The van der Waals surface area contributed by atoms with Crippen LogP contribution in [0.3, 0.4) is 0 Å². The van der Waals surface area contributed by atoms with E-state index in [0.717, 1.165) is 33.9 Å². The molecular weight excluding hydrogens is 384 g/mol. The first-order valence-electron chi connectivity index (χ1n) is 10.1. The number of hydrogen-bond donors (Lipinski definition) is 1. The number of rotatable bonds is 5. The molecule has 0 radical (unpaired) electrons. The van der Waals surface area contributed by atoms with Crippen LogP contribution in [0.1, 0.15) is 0 Å². The SMILES string of the molecule is COc1ccc(-c2nc(-c3ccccc3)c(-c3cccc4ccccc34)[nH]2)cc1OC. The van der Waals surface area contributed by atoms with E-state index >= 15 is 0 Å². The highest BCUT2D eigenvalue weighted by Crippen LogP contribution is 2.38. The van der Waals surface area contributed by atoms with Gasteiger partial charge in [-0.25, -0.2) is 4.98 Å². The second-order valence-electron chi connectivity index (χ2n) is 7.27. The molecule has 0 fully saturated rings. The molecule has 0 aliphatic heterocycles. The van der Waals surface area contributed by atoms with Gasteiger partial charge in [0.05, 0.1) is 25.6 Å². The van der Waals surface area contributed by atoms with Crippen LogP contribution < -0.4 is 9.47 Å². The van der Waals surface area contributed by atoms with Crippen molar-refractivity contribution in [3.8, 4) is 45.4 Å². The van der Waals surface area contributed by atoms with Gasteiger partial charge in [0.25, 0.3) is 0 Å². The molecule has 1 N–H and O–H groups in total. The number of methoxy groups -OCH3 is 2. The highest BCUT2D eigenvalue weighted by atomic mass is 16.5. The Morgan fingerprint density at radius 2 is 1.42 bits per heavy atom. The average Bonchev–Trinajstić information content (AvgIpc) is 3.29. The molecule has 31 heavy (non-hydrogen) atoms. The van der Waals surface area contributed by atoms with Crippen LogP contribution in [-0.4, -0.2) is 24.2 Å². The summed E-state index contributed by atoms with van der Waals surface area (Å²) in [7, 11) is 3.28. The minimum atomic E-state index is 0.671. The Bertz CT molecular complexity index is 1350. The van der Waals surface area contributed by atoms with Crippen LogP contribution in [-0.2, 0) is 0 Å². The van der Waals surface area contributed by atoms with Crippen molar-refractivity contribution in [2.24, 2.45) is 0 Å². The Labute approximate surface area is 181 Å². The zero-order valence-electron chi connectivity index (χ0n) is 17.4. The van der Waals surface area contributed by atoms with Gasteiger partial charge in [0.15, 0.2) is 11.5 Å². The lowest BCUT2D eigenvalue weighted by atomic mass is 9.99. The van der Waals surface area contributed by atoms with Crippen molar-refractivity contribution in [2.45, 2.75) is 0 Å². The number of imidazole rings is 1. The summed E-state index contributed by atoms with van der Waals surface area (Å²) in [4.78, 5) is 8.60. The minimum Gasteiger partial charge on any atom is -0.493 e. The monoisotopic (exact) mass is 406 g/mol. The van der Waals surface area contributed by atoms with E-state index < -0.39 is 0 Å². The van der Waals surface area contributed by atoms with E-state index in [-0.39, 0.29) is 0 Å². The van der Waals surface area contributed by atoms with Gasteiger partial charge in [-0.1, -0.05) is 72.8 Å². The smallest absolute Gasteiger partial charge is 0.161 e. The molecule has 0 aliphatic carbocycles. The van der Waals surface area contributed by atoms with Gasteiger partial charge in [0.1, 0.15) is 5.82 Å². The average molecular weight is 406 g/mol. The summed E-state index contributed by atoms with van der Waals surface area (Å²) in [5.41, 5.74) is 5.03. The lowest BCUT2D eigenvalue weighted by Crippen LogP contribution is -1.91. The first-order valence-corrected chi connectivity index (χ1v) is 10.1. The van der Waals surface area contributed by atoms with Crippen molar-refractivity contribution in [1.82, 2.24) is 9.97 Å². The maximum Gasteiger partial charge on any atom is 0.161 e. The summed E-state index contributed by atoms with van der Waals surface area (Å²) in [6.07, 6.45) is 0. The summed E-state index contributed by atoms with van der Waals surface area (Å²) < 4.78 is 10.9. The van der Waals surface area contributed by atoms with Gasteiger partial charge in [-0.2, -0.15) is 0 Å². The molecule has 152 valence electrons. The fourth-order valence-electron chi connectivity index (χ4n) is 3.94. The zero-order valence-corrected chi connectivity index (χ0v) is 17.4. The largest absolute Gasteiger partial charge is 0.493 e. The van der Waals surface area contributed by atoms with E-state index in [1.165, 1.54) is 10.8 Å². The number of nitrogens with one attached hydrogen (secondary N) is 1. The molecule has 5 rings (SSSR count).